The lowest BCUT2D eigenvalue weighted by atomic mass is 9.29. The molecule has 6 nitrogen and oxygen atoms in total. The number of rotatable bonds is 8. The van der Waals surface area contributed by atoms with E-state index in [1.807, 2.05) is 0 Å². The van der Waals surface area contributed by atoms with Gasteiger partial charge >= 0.3 is 0 Å². The lowest BCUT2D eigenvalue weighted by Gasteiger charge is -2.47. The monoisotopic (exact) mass is 1210 g/mol. The highest BCUT2D eigenvalue weighted by Crippen LogP contribution is 2.61. The fraction of sp³-hybridized carbons (Fsp3) is 0.0930. The van der Waals surface area contributed by atoms with Crippen molar-refractivity contribution >= 4 is 114 Å². The molecule has 0 atom stereocenters. The molecule has 0 spiro atoms. The molecule has 0 saturated heterocycles. The van der Waals surface area contributed by atoms with Gasteiger partial charge in [0.25, 0.3) is 13.4 Å². The fourth-order valence-corrected chi connectivity index (χ4v) is 17.4. The van der Waals surface area contributed by atoms with E-state index in [4.69, 9.17) is 9.47 Å². The fourth-order valence-electron chi connectivity index (χ4n) is 17.4. The van der Waals surface area contributed by atoms with Crippen molar-refractivity contribution in [3.05, 3.63) is 312 Å². The summed E-state index contributed by atoms with van der Waals surface area (Å²) in [7, 11) is 0. The molecule has 0 aromatic heterocycles. The second-order valence-electron chi connectivity index (χ2n) is 27.1. The van der Waals surface area contributed by atoms with Gasteiger partial charge in [-0.2, -0.15) is 0 Å². The van der Waals surface area contributed by atoms with E-state index < -0.39 is 10.8 Å². The third-order valence-electron chi connectivity index (χ3n) is 21.4. The van der Waals surface area contributed by atoms with Gasteiger partial charge in [0.05, 0.1) is 0 Å². The van der Waals surface area contributed by atoms with Crippen molar-refractivity contribution in [3.63, 3.8) is 0 Å². The predicted molar refractivity (Wildman–Crippen MR) is 392 cm³/mol. The van der Waals surface area contributed by atoms with Crippen LogP contribution in [0.5, 0.6) is 23.0 Å². The van der Waals surface area contributed by atoms with E-state index in [0.29, 0.717) is 0 Å². The number of para-hydroxylation sites is 8. The standard InChI is InChI=1S/C86H64B2N4O2/c1-53-77-81(91(59-37-21-11-22-38-59)71-51-65-63-47-45-61(89(55-29-13-7-14-30-55)56-31-15-8-16-32-56)49-67(63)85(3,4)75(65)83-79(71)87(77)69-41-25-27-43-73(69)93-83)54(2)82-78(53)88-70-42-26-28-44-74(70)94-84-76-66(52-72(80(84)88)92(82)60-39-23-12-24-40-60)64-48-46-62(50-68(64)86(76,5)6)90(57-33-17-9-18-34-57)58-35-19-10-20-36-58/h7-52H,1-6H3. The molecule has 13 aromatic rings. The van der Waals surface area contributed by atoms with E-state index in [1.165, 1.54) is 99.8 Å². The summed E-state index contributed by atoms with van der Waals surface area (Å²) in [6.07, 6.45) is 0. The van der Waals surface area contributed by atoms with Crippen molar-refractivity contribution in [2.24, 2.45) is 0 Å². The molecule has 8 heteroatoms. The molecule has 94 heavy (non-hydrogen) atoms. The van der Waals surface area contributed by atoms with Crippen molar-refractivity contribution in [1.82, 2.24) is 0 Å². The molecule has 0 radical (unpaired) electrons. The van der Waals surface area contributed by atoms with Gasteiger partial charge in [-0.1, -0.05) is 191 Å². The Hall–Kier alpha value is -11.2. The lowest BCUT2D eigenvalue weighted by molar-refractivity contribution is 0.469. The highest BCUT2D eigenvalue weighted by molar-refractivity contribution is 7.03. The van der Waals surface area contributed by atoms with E-state index in [9.17, 15) is 0 Å². The van der Waals surface area contributed by atoms with Crippen molar-refractivity contribution in [1.29, 1.82) is 0 Å². The van der Waals surface area contributed by atoms with E-state index >= 15 is 0 Å². The predicted octanol–water partition coefficient (Wildman–Crippen LogP) is 18.7. The SMILES string of the molecule is Cc1c2c(c(C)c3c1B1c4ccccc4Oc4c1c(cc1c4C(C)(C)c4cc(N(c5ccccc5)c5ccccc5)ccc4-1)N3c1ccccc1)N(c1ccccc1)c1cc3c(c4c1B2c1ccccc1O4)C(C)(C)c1cc(N(c2ccccc2)c2ccccc2)ccc1-3. The molecule has 2 aliphatic carbocycles. The number of fused-ring (bicyclic) bond motifs is 16. The molecule has 13 aromatic carbocycles. The number of ether oxygens (including phenoxy) is 2. The van der Waals surface area contributed by atoms with Gasteiger partial charge in [-0.05, 0) is 207 Å². The Bertz CT molecular complexity index is 4910. The number of hydrogen-bond donors (Lipinski definition) is 0. The normalized spacial score (nSPS) is 14.5. The Labute approximate surface area is 550 Å². The zero-order valence-electron chi connectivity index (χ0n) is 53.3. The zero-order chi connectivity index (χ0) is 62.9. The molecule has 0 saturated carbocycles. The van der Waals surface area contributed by atoms with Crippen LogP contribution in [0.15, 0.2) is 279 Å². The van der Waals surface area contributed by atoms with Crippen LogP contribution in [0, 0.1) is 13.8 Å². The Morgan fingerprint density at radius 3 is 1.01 bits per heavy atom. The molecule has 6 aliphatic rings. The van der Waals surface area contributed by atoms with Crippen LogP contribution >= 0.6 is 0 Å². The maximum Gasteiger partial charge on any atom is 0.256 e. The summed E-state index contributed by atoms with van der Waals surface area (Å²) < 4.78 is 15.3. The van der Waals surface area contributed by atoms with Crippen LogP contribution in [0.25, 0.3) is 22.3 Å². The van der Waals surface area contributed by atoms with Crippen LogP contribution in [0.2, 0.25) is 0 Å². The summed E-state index contributed by atoms with van der Waals surface area (Å²) in [6.45, 7) is 14.1. The van der Waals surface area contributed by atoms with E-state index in [-0.39, 0.29) is 13.4 Å². The minimum atomic E-state index is -0.458. The summed E-state index contributed by atoms with van der Waals surface area (Å²) >= 11 is 0. The second kappa shape index (κ2) is 20.1. The first-order valence-corrected chi connectivity index (χ1v) is 33.0. The van der Waals surface area contributed by atoms with Crippen LogP contribution in [0.4, 0.5) is 68.2 Å². The Morgan fingerprint density at radius 1 is 0.319 bits per heavy atom. The first-order valence-electron chi connectivity index (χ1n) is 33.0. The van der Waals surface area contributed by atoms with Crippen molar-refractivity contribution in [3.8, 4) is 45.3 Å². The lowest BCUT2D eigenvalue weighted by Crippen LogP contribution is -2.66. The van der Waals surface area contributed by atoms with Crippen molar-refractivity contribution in [2.75, 3.05) is 19.6 Å². The molecular formula is C86H64B2N4O2. The van der Waals surface area contributed by atoms with Gasteiger partial charge in [0.1, 0.15) is 23.0 Å². The molecule has 446 valence electrons. The molecule has 19 rings (SSSR count). The summed E-state index contributed by atoms with van der Waals surface area (Å²) in [4.78, 5) is 9.97. The van der Waals surface area contributed by atoms with Crippen LogP contribution < -0.4 is 61.9 Å². The van der Waals surface area contributed by atoms with E-state index in [2.05, 4.69) is 340 Å². The maximum absolute atomic E-state index is 7.66. The number of nitrogens with zero attached hydrogens (tertiary/aromatic N) is 4. The first kappa shape index (κ1) is 54.5. The first-order chi connectivity index (χ1) is 46.0. The molecule has 0 amide bonds. The molecule has 0 unspecified atom stereocenters. The Morgan fingerprint density at radius 2 is 0.649 bits per heavy atom. The van der Waals surface area contributed by atoms with Gasteiger partial charge < -0.3 is 29.1 Å². The molecule has 4 aliphatic heterocycles. The van der Waals surface area contributed by atoms with Crippen LogP contribution in [-0.2, 0) is 10.8 Å². The van der Waals surface area contributed by atoms with Crippen LogP contribution in [0.1, 0.15) is 61.1 Å². The Kier molecular flexibility index (Phi) is 11.7. The molecule has 0 N–H and O–H groups in total. The molecule has 0 bridgehead atoms. The van der Waals surface area contributed by atoms with E-state index in [0.717, 1.165) is 79.9 Å². The average molecular weight is 1210 g/mol. The quantitative estimate of drug-likeness (QED) is 0.141. The minimum absolute atomic E-state index is 0.184. The summed E-state index contributed by atoms with van der Waals surface area (Å²) in [6, 6.07) is 102. The average Bonchev–Trinajstić information content (AvgIpc) is 1.09. The van der Waals surface area contributed by atoms with Gasteiger partial charge in [0, 0.05) is 90.2 Å². The molecular weight excluding hydrogens is 1140 g/mol. The summed E-state index contributed by atoms with van der Waals surface area (Å²) in [5.74, 6) is 3.70. The van der Waals surface area contributed by atoms with Crippen LogP contribution in [0.3, 0.4) is 0 Å². The van der Waals surface area contributed by atoms with Crippen molar-refractivity contribution < 1.29 is 9.47 Å². The molecule has 4 heterocycles. The van der Waals surface area contributed by atoms with Gasteiger partial charge in [0.2, 0.25) is 0 Å². The van der Waals surface area contributed by atoms with E-state index in [1.54, 1.807) is 0 Å². The third-order valence-corrected chi connectivity index (χ3v) is 21.4. The zero-order valence-corrected chi connectivity index (χ0v) is 53.3. The van der Waals surface area contributed by atoms with Crippen molar-refractivity contribution in [2.45, 2.75) is 52.4 Å². The number of anilines is 12. The van der Waals surface area contributed by atoms with Gasteiger partial charge in [0.15, 0.2) is 0 Å². The van der Waals surface area contributed by atoms with Gasteiger partial charge in [-0.25, -0.2) is 0 Å². The summed E-state index contributed by atoms with van der Waals surface area (Å²) in [5.41, 5.74) is 32.2. The third kappa shape index (κ3) is 7.56. The Balaban J connectivity index is 0.870. The smallest absolute Gasteiger partial charge is 0.256 e. The van der Waals surface area contributed by atoms with Crippen LogP contribution in [-0.4, -0.2) is 13.4 Å². The topological polar surface area (TPSA) is 31.4 Å². The van der Waals surface area contributed by atoms with Gasteiger partial charge in [-0.3, -0.25) is 0 Å². The highest BCUT2D eigenvalue weighted by Gasteiger charge is 2.54. The van der Waals surface area contributed by atoms with Gasteiger partial charge in [-0.15, -0.1) is 0 Å². The highest BCUT2D eigenvalue weighted by atomic mass is 16.5. The number of benzene rings is 13. The largest absolute Gasteiger partial charge is 0.458 e. The minimum Gasteiger partial charge on any atom is -0.458 e. The summed E-state index contributed by atoms with van der Waals surface area (Å²) in [5, 5.41) is 0. The maximum atomic E-state index is 7.66. The number of hydrogen-bond acceptors (Lipinski definition) is 6. The second-order valence-corrected chi connectivity index (χ2v) is 27.1. The molecule has 0 fully saturated rings.